The summed E-state index contributed by atoms with van der Waals surface area (Å²) in [4.78, 5) is 11.3. The Bertz CT molecular complexity index is 740. The average Bonchev–Trinajstić information content (AvgIpc) is 2.53. The van der Waals surface area contributed by atoms with Crippen molar-refractivity contribution in [1.29, 1.82) is 5.26 Å². The predicted octanol–water partition coefficient (Wildman–Crippen LogP) is 3.72. The fraction of sp³-hybridized carbons (Fsp3) is 0.111. The Hall–Kier alpha value is -3.06. The van der Waals surface area contributed by atoms with Crippen LogP contribution >= 0.6 is 0 Å². The van der Waals surface area contributed by atoms with Gasteiger partial charge in [0.2, 0.25) is 5.91 Å². The molecule has 0 saturated carbocycles. The number of amides is 1. The van der Waals surface area contributed by atoms with Crippen LogP contribution in [0.1, 0.15) is 18.1 Å². The van der Waals surface area contributed by atoms with Crippen molar-refractivity contribution in [2.24, 2.45) is 0 Å². The van der Waals surface area contributed by atoms with Gasteiger partial charge < -0.3 is 10.1 Å². The summed E-state index contributed by atoms with van der Waals surface area (Å²) < 4.78 is 5.11. The molecule has 22 heavy (non-hydrogen) atoms. The normalized spacial score (nSPS) is 10.7. The molecule has 0 spiro atoms. The van der Waals surface area contributed by atoms with Gasteiger partial charge in [0.05, 0.1) is 18.8 Å². The summed E-state index contributed by atoms with van der Waals surface area (Å²) in [7, 11) is 1.61. The SMILES string of the molecule is COc1ccc(/C=C(\C#N)c2ccccc2NC(C)=O)cc1. The molecule has 1 amide bonds. The maximum atomic E-state index is 11.3. The molecule has 4 nitrogen and oxygen atoms in total. The van der Waals surface area contributed by atoms with E-state index >= 15 is 0 Å². The number of hydrogen-bond donors (Lipinski definition) is 1. The molecule has 2 aromatic carbocycles. The number of hydrogen-bond acceptors (Lipinski definition) is 3. The fourth-order valence-electron chi connectivity index (χ4n) is 2.05. The Balaban J connectivity index is 2.41. The molecule has 0 aliphatic carbocycles. The Kier molecular flexibility index (Phi) is 4.94. The topological polar surface area (TPSA) is 62.1 Å². The van der Waals surface area contributed by atoms with Crippen LogP contribution in [0.2, 0.25) is 0 Å². The molecule has 0 bridgehead atoms. The van der Waals surface area contributed by atoms with E-state index in [0.29, 0.717) is 16.8 Å². The van der Waals surface area contributed by atoms with E-state index < -0.39 is 0 Å². The van der Waals surface area contributed by atoms with Crippen LogP contribution in [0.3, 0.4) is 0 Å². The van der Waals surface area contributed by atoms with Gasteiger partial charge in [0.25, 0.3) is 0 Å². The zero-order valence-electron chi connectivity index (χ0n) is 12.5. The van der Waals surface area contributed by atoms with E-state index in [4.69, 9.17) is 4.74 Å². The number of para-hydroxylation sites is 1. The molecule has 0 aliphatic rings. The lowest BCUT2D eigenvalue weighted by Gasteiger charge is -2.09. The Labute approximate surface area is 129 Å². The van der Waals surface area contributed by atoms with E-state index in [0.717, 1.165) is 11.3 Å². The maximum Gasteiger partial charge on any atom is 0.221 e. The number of anilines is 1. The van der Waals surface area contributed by atoms with Crippen molar-refractivity contribution < 1.29 is 9.53 Å². The highest BCUT2D eigenvalue weighted by Gasteiger charge is 2.08. The summed E-state index contributed by atoms with van der Waals surface area (Å²) in [6, 6.07) is 16.8. The molecule has 0 atom stereocenters. The van der Waals surface area contributed by atoms with Crippen LogP contribution in [0.5, 0.6) is 5.75 Å². The first kappa shape index (κ1) is 15.3. The van der Waals surface area contributed by atoms with Gasteiger partial charge in [0.15, 0.2) is 0 Å². The molecule has 4 heteroatoms. The first-order chi connectivity index (χ1) is 10.6. The third-order valence-electron chi connectivity index (χ3n) is 3.08. The van der Waals surface area contributed by atoms with Crippen molar-refractivity contribution in [1.82, 2.24) is 0 Å². The van der Waals surface area contributed by atoms with Crippen molar-refractivity contribution >= 4 is 23.2 Å². The summed E-state index contributed by atoms with van der Waals surface area (Å²) >= 11 is 0. The van der Waals surface area contributed by atoms with Gasteiger partial charge in [-0.1, -0.05) is 30.3 Å². The third kappa shape index (κ3) is 3.74. The van der Waals surface area contributed by atoms with Crippen LogP contribution in [0.15, 0.2) is 48.5 Å². The Morgan fingerprint density at radius 3 is 2.45 bits per heavy atom. The number of ether oxygens (including phenoxy) is 1. The second-order valence-corrected chi connectivity index (χ2v) is 4.67. The third-order valence-corrected chi connectivity index (χ3v) is 3.08. The highest BCUT2D eigenvalue weighted by atomic mass is 16.5. The predicted molar refractivity (Wildman–Crippen MR) is 87.2 cm³/mol. The minimum atomic E-state index is -0.172. The number of nitrogens with zero attached hydrogens (tertiary/aromatic N) is 1. The maximum absolute atomic E-state index is 11.3. The monoisotopic (exact) mass is 292 g/mol. The number of rotatable bonds is 4. The summed E-state index contributed by atoms with van der Waals surface area (Å²) in [6.07, 6.45) is 1.78. The van der Waals surface area contributed by atoms with E-state index in [-0.39, 0.29) is 5.91 Å². The molecule has 0 aliphatic heterocycles. The summed E-state index contributed by atoms with van der Waals surface area (Å²) in [5.74, 6) is 0.587. The molecular weight excluding hydrogens is 276 g/mol. The van der Waals surface area contributed by atoms with Crippen molar-refractivity contribution in [3.8, 4) is 11.8 Å². The highest BCUT2D eigenvalue weighted by molar-refractivity contribution is 5.98. The first-order valence-corrected chi connectivity index (χ1v) is 6.77. The Morgan fingerprint density at radius 1 is 1.18 bits per heavy atom. The molecule has 0 fully saturated rings. The van der Waals surface area contributed by atoms with Crippen molar-refractivity contribution in [3.05, 3.63) is 59.7 Å². The molecule has 0 saturated heterocycles. The Morgan fingerprint density at radius 2 is 1.86 bits per heavy atom. The molecular formula is C18H16N2O2. The number of nitriles is 1. The summed E-state index contributed by atoms with van der Waals surface area (Å²) in [5, 5.41) is 12.2. The minimum absolute atomic E-state index is 0.172. The number of carbonyl (C=O) groups excluding carboxylic acids is 1. The van der Waals surface area contributed by atoms with Gasteiger partial charge in [-0.3, -0.25) is 4.79 Å². The molecule has 110 valence electrons. The van der Waals surface area contributed by atoms with Crippen LogP contribution in [0, 0.1) is 11.3 Å². The van der Waals surface area contributed by atoms with Gasteiger partial charge in [0, 0.05) is 18.2 Å². The van der Waals surface area contributed by atoms with Gasteiger partial charge in [0.1, 0.15) is 5.75 Å². The summed E-state index contributed by atoms with van der Waals surface area (Å²) in [6.45, 7) is 1.44. The number of methoxy groups -OCH3 is 1. The zero-order chi connectivity index (χ0) is 15.9. The van der Waals surface area contributed by atoms with Crippen molar-refractivity contribution in [2.45, 2.75) is 6.92 Å². The van der Waals surface area contributed by atoms with E-state index in [1.54, 1.807) is 19.3 Å². The number of nitrogens with one attached hydrogen (secondary N) is 1. The van der Waals surface area contributed by atoms with E-state index in [1.165, 1.54) is 6.92 Å². The van der Waals surface area contributed by atoms with Gasteiger partial charge in [-0.15, -0.1) is 0 Å². The quantitative estimate of drug-likeness (QED) is 0.690. The molecule has 0 radical (unpaired) electrons. The zero-order valence-corrected chi connectivity index (χ0v) is 12.5. The number of allylic oxidation sites excluding steroid dienone is 1. The lowest BCUT2D eigenvalue weighted by molar-refractivity contribution is -0.114. The lowest BCUT2D eigenvalue weighted by Crippen LogP contribution is -2.07. The first-order valence-electron chi connectivity index (χ1n) is 6.77. The molecule has 2 rings (SSSR count). The average molecular weight is 292 g/mol. The highest BCUT2D eigenvalue weighted by Crippen LogP contribution is 2.26. The fourth-order valence-corrected chi connectivity index (χ4v) is 2.05. The molecule has 0 heterocycles. The molecule has 2 aromatic rings. The lowest BCUT2D eigenvalue weighted by atomic mass is 10.0. The van der Waals surface area contributed by atoms with Gasteiger partial charge in [-0.2, -0.15) is 5.26 Å². The van der Waals surface area contributed by atoms with Crippen LogP contribution in [-0.4, -0.2) is 13.0 Å². The van der Waals surface area contributed by atoms with Crippen molar-refractivity contribution in [2.75, 3.05) is 12.4 Å². The van der Waals surface area contributed by atoms with E-state index in [2.05, 4.69) is 11.4 Å². The minimum Gasteiger partial charge on any atom is -0.497 e. The largest absolute Gasteiger partial charge is 0.497 e. The van der Waals surface area contributed by atoms with Crippen molar-refractivity contribution in [3.63, 3.8) is 0 Å². The number of benzene rings is 2. The second kappa shape index (κ2) is 7.09. The second-order valence-electron chi connectivity index (χ2n) is 4.67. The van der Waals surface area contributed by atoms with E-state index in [1.807, 2.05) is 42.5 Å². The molecule has 0 unspecified atom stereocenters. The van der Waals surface area contributed by atoms with Gasteiger partial charge >= 0.3 is 0 Å². The van der Waals surface area contributed by atoms with Gasteiger partial charge in [-0.05, 0) is 29.8 Å². The van der Waals surface area contributed by atoms with Crippen LogP contribution in [-0.2, 0) is 4.79 Å². The van der Waals surface area contributed by atoms with Gasteiger partial charge in [-0.25, -0.2) is 0 Å². The van der Waals surface area contributed by atoms with Crippen LogP contribution in [0.25, 0.3) is 11.6 Å². The summed E-state index contributed by atoms with van der Waals surface area (Å²) in [5.41, 5.74) is 2.68. The standard InChI is InChI=1S/C18H16N2O2/c1-13(21)20-18-6-4-3-5-17(18)15(12-19)11-14-7-9-16(22-2)10-8-14/h3-11H,1-2H3,(H,20,21)/b15-11+. The van der Waals surface area contributed by atoms with Crippen LogP contribution in [0.4, 0.5) is 5.69 Å². The smallest absolute Gasteiger partial charge is 0.221 e. The molecule has 0 aromatic heterocycles. The number of carbonyl (C=O) groups is 1. The van der Waals surface area contributed by atoms with E-state index in [9.17, 15) is 10.1 Å². The van der Waals surface area contributed by atoms with Crippen LogP contribution < -0.4 is 10.1 Å². The molecule has 1 N–H and O–H groups in total.